The molecule has 1 aromatic rings. The van der Waals surface area contributed by atoms with E-state index in [1.54, 1.807) is 19.2 Å². The van der Waals surface area contributed by atoms with Gasteiger partial charge < -0.3 is 5.32 Å². The largest absolute Gasteiger partial charge is 0.358 e. The third-order valence-corrected chi connectivity index (χ3v) is 2.72. The summed E-state index contributed by atoms with van der Waals surface area (Å²) in [4.78, 5) is 13.8. The molecule has 1 rings (SSSR count). The van der Waals surface area contributed by atoms with Crippen molar-refractivity contribution in [1.29, 1.82) is 0 Å². The van der Waals surface area contributed by atoms with Gasteiger partial charge in [-0.25, -0.2) is 0 Å². The first-order valence-electron chi connectivity index (χ1n) is 5.96. The van der Waals surface area contributed by atoms with Gasteiger partial charge in [0.25, 0.3) is 0 Å². The van der Waals surface area contributed by atoms with Crippen molar-refractivity contribution >= 4 is 5.91 Å². The number of hydrogen-bond donors (Lipinski definition) is 1. The Morgan fingerprint density at radius 1 is 1.39 bits per heavy atom. The van der Waals surface area contributed by atoms with Crippen molar-refractivity contribution in [2.45, 2.75) is 12.6 Å². The number of carbonyl (C=O) groups is 1. The fourth-order valence-electron chi connectivity index (χ4n) is 1.83. The van der Waals surface area contributed by atoms with Crippen molar-refractivity contribution in [3.63, 3.8) is 0 Å². The molecule has 0 radical (unpaired) electrons. The molecule has 96 valence electrons. The molecule has 0 saturated heterocycles. The summed E-state index contributed by atoms with van der Waals surface area (Å²) in [6.45, 7) is 8.80. The fraction of sp³-hybridized carbons (Fsp3) is 0.267. The van der Waals surface area contributed by atoms with Gasteiger partial charge in [-0.1, -0.05) is 42.5 Å². The van der Waals surface area contributed by atoms with Crippen LogP contribution in [0.4, 0.5) is 0 Å². The lowest BCUT2D eigenvalue weighted by atomic mass is 10.1. The van der Waals surface area contributed by atoms with Crippen LogP contribution in [0.2, 0.25) is 0 Å². The fourth-order valence-corrected chi connectivity index (χ4v) is 1.83. The summed E-state index contributed by atoms with van der Waals surface area (Å²) in [6.07, 6.45) is 3.45. The van der Waals surface area contributed by atoms with E-state index in [4.69, 9.17) is 0 Å². The lowest BCUT2D eigenvalue weighted by Crippen LogP contribution is -2.44. The Balaban J connectivity index is 2.84. The molecule has 0 saturated carbocycles. The summed E-state index contributed by atoms with van der Waals surface area (Å²) in [5, 5.41) is 2.65. The first-order valence-corrected chi connectivity index (χ1v) is 5.96. The maximum atomic E-state index is 11.8. The van der Waals surface area contributed by atoms with Gasteiger partial charge in [-0.3, -0.25) is 9.69 Å². The molecule has 1 unspecified atom stereocenters. The third-order valence-electron chi connectivity index (χ3n) is 2.72. The average Bonchev–Trinajstić information content (AvgIpc) is 2.40. The molecule has 0 aliphatic rings. The number of rotatable bonds is 7. The second kappa shape index (κ2) is 7.45. The summed E-state index contributed by atoms with van der Waals surface area (Å²) in [7, 11) is 1.63. The monoisotopic (exact) mass is 244 g/mol. The molecule has 0 bridgehead atoms. The Hall–Kier alpha value is -1.87. The third kappa shape index (κ3) is 3.86. The van der Waals surface area contributed by atoms with E-state index in [1.807, 2.05) is 35.2 Å². The topological polar surface area (TPSA) is 32.3 Å². The molecule has 0 spiro atoms. The molecule has 3 heteroatoms. The van der Waals surface area contributed by atoms with E-state index >= 15 is 0 Å². The highest BCUT2D eigenvalue weighted by atomic mass is 16.2. The van der Waals surface area contributed by atoms with E-state index in [0.29, 0.717) is 13.1 Å². The van der Waals surface area contributed by atoms with Gasteiger partial charge in [-0.05, 0) is 5.56 Å². The molecule has 0 heterocycles. The highest BCUT2D eigenvalue weighted by Crippen LogP contribution is 2.09. The molecule has 1 atom stereocenters. The summed E-state index contributed by atoms with van der Waals surface area (Å²) in [5.74, 6) is -0.0530. The quantitative estimate of drug-likeness (QED) is 0.744. The Labute approximate surface area is 109 Å². The van der Waals surface area contributed by atoms with Gasteiger partial charge in [-0.15, -0.1) is 13.2 Å². The van der Waals surface area contributed by atoms with Crippen LogP contribution in [0.25, 0.3) is 0 Å². The van der Waals surface area contributed by atoms with E-state index < -0.39 is 0 Å². The van der Waals surface area contributed by atoms with Crippen LogP contribution in [0.5, 0.6) is 0 Å². The molecule has 0 aliphatic heterocycles. The minimum absolute atomic E-state index is 0.0530. The summed E-state index contributed by atoms with van der Waals surface area (Å²) >= 11 is 0. The van der Waals surface area contributed by atoms with Crippen LogP contribution in [0, 0.1) is 0 Å². The van der Waals surface area contributed by atoms with Crippen LogP contribution in [-0.4, -0.2) is 30.4 Å². The molecular formula is C15H20N2O. The van der Waals surface area contributed by atoms with E-state index in [2.05, 4.69) is 18.5 Å². The van der Waals surface area contributed by atoms with Gasteiger partial charge in [0.2, 0.25) is 5.91 Å². The Morgan fingerprint density at radius 2 is 2.06 bits per heavy atom. The maximum Gasteiger partial charge on any atom is 0.241 e. The first kappa shape index (κ1) is 14.2. The van der Waals surface area contributed by atoms with Gasteiger partial charge in [-0.2, -0.15) is 0 Å². The molecule has 1 N–H and O–H groups in total. The normalized spacial score (nSPS) is 11.9. The SMILES string of the molecule is C=CCN(Cc1ccccc1)C(C=C)C(=O)NC. The van der Waals surface area contributed by atoms with Crippen molar-refractivity contribution in [1.82, 2.24) is 10.2 Å². The molecule has 0 aliphatic carbocycles. The van der Waals surface area contributed by atoms with Crippen molar-refractivity contribution in [2.24, 2.45) is 0 Å². The molecule has 3 nitrogen and oxygen atoms in total. The number of amides is 1. The molecule has 1 aromatic carbocycles. The number of likely N-dealkylation sites (N-methyl/N-ethyl adjacent to an activating group) is 1. The van der Waals surface area contributed by atoms with Crippen LogP contribution in [0.15, 0.2) is 55.6 Å². The minimum Gasteiger partial charge on any atom is -0.358 e. The maximum absolute atomic E-state index is 11.8. The Kier molecular flexibility index (Phi) is 5.88. The van der Waals surface area contributed by atoms with E-state index in [-0.39, 0.29) is 11.9 Å². The van der Waals surface area contributed by atoms with Gasteiger partial charge in [0.1, 0.15) is 6.04 Å². The lowest BCUT2D eigenvalue weighted by molar-refractivity contribution is -0.124. The van der Waals surface area contributed by atoms with Crippen LogP contribution in [-0.2, 0) is 11.3 Å². The zero-order valence-corrected chi connectivity index (χ0v) is 10.8. The van der Waals surface area contributed by atoms with E-state index in [1.165, 1.54) is 0 Å². The summed E-state index contributed by atoms with van der Waals surface area (Å²) in [6, 6.07) is 9.70. The van der Waals surface area contributed by atoms with E-state index in [9.17, 15) is 4.79 Å². The van der Waals surface area contributed by atoms with Gasteiger partial charge in [0.15, 0.2) is 0 Å². The van der Waals surface area contributed by atoms with Crippen LogP contribution >= 0.6 is 0 Å². The Morgan fingerprint density at radius 3 is 2.56 bits per heavy atom. The number of nitrogens with one attached hydrogen (secondary N) is 1. The summed E-state index contributed by atoms with van der Waals surface area (Å²) in [5.41, 5.74) is 1.16. The van der Waals surface area contributed by atoms with Crippen molar-refractivity contribution in [2.75, 3.05) is 13.6 Å². The lowest BCUT2D eigenvalue weighted by Gasteiger charge is -2.27. The van der Waals surface area contributed by atoms with Gasteiger partial charge in [0, 0.05) is 20.1 Å². The number of hydrogen-bond acceptors (Lipinski definition) is 2. The molecule has 1 amide bonds. The highest BCUT2D eigenvalue weighted by molar-refractivity contribution is 5.83. The second-order valence-electron chi connectivity index (χ2n) is 4.00. The highest BCUT2D eigenvalue weighted by Gasteiger charge is 2.20. The molecule has 18 heavy (non-hydrogen) atoms. The Bertz CT molecular complexity index is 400. The minimum atomic E-state index is -0.340. The van der Waals surface area contributed by atoms with Crippen molar-refractivity contribution in [3.8, 4) is 0 Å². The smallest absolute Gasteiger partial charge is 0.241 e. The standard InChI is InChI=1S/C15H20N2O/c1-4-11-17(14(5-2)15(18)16-3)12-13-9-7-6-8-10-13/h4-10,14H,1-2,11-12H2,3H3,(H,16,18). The molecular weight excluding hydrogens is 224 g/mol. The van der Waals surface area contributed by atoms with E-state index in [0.717, 1.165) is 5.56 Å². The second-order valence-corrected chi connectivity index (χ2v) is 4.00. The summed E-state index contributed by atoms with van der Waals surface area (Å²) < 4.78 is 0. The van der Waals surface area contributed by atoms with Gasteiger partial charge >= 0.3 is 0 Å². The van der Waals surface area contributed by atoms with Gasteiger partial charge in [0.05, 0.1) is 0 Å². The van der Waals surface area contributed by atoms with Crippen molar-refractivity contribution < 1.29 is 4.79 Å². The zero-order chi connectivity index (χ0) is 13.4. The number of carbonyl (C=O) groups excluding carboxylic acids is 1. The van der Waals surface area contributed by atoms with Crippen molar-refractivity contribution in [3.05, 3.63) is 61.2 Å². The van der Waals surface area contributed by atoms with Crippen LogP contribution in [0.1, 0.15) is 5.56 Å². The average molecular weight is 244 g/mol. The first-order chi connectivity index (χ1) is 8.72. The molecule has 0 aromatic heterocycles. The predicted octanol–water partition coefficient (Wildman–Crippen LogP) is 1.98. The number of nitrogens with zero attached hydrogens (tertiary/aromatic N) is 1. The molecule has 0 fully saturated rings. The zero-order valence-electron chi connectivity index (χ0n) is 10.8. The number of benzene rings is 1. The predicted molar refractivity (Wildman–Crippen MR) is 75.1 cm³/mol. The van der Waals surface area contributed by atoms with Crippen LogP contribution in [0.3, 0.4) is 0 Å². The van der Waals surface area contributed by atoms with Crippen LogP contribution < -0.4 is 5.32 Å².